The van der Waals surface area contributed by atoms with Crippen LogP contribution in [-0.4, -0.2) is 38.2 Å². The maximum atomic E-state index is 13.6. The van der Waals surface area contributed by atoms with Crippen LogP contribution < -0.4 is 4.72 Å². The van der Waals surface area contributed by atoms with Gasteiger partial charge in [-0.15, -0.1) is 0 Å². The molecule has 1 fully saturated rings. The minimum absolute atomic E-state index is 0.00556. The number of hydrogen-bond acceptors (Lipinski definition) is 3. The lowest BCUT2D eigenvalue weighted by Gasteiger charge is -2.17. The van der Waals surface area contributed by atoms with Gasteiger partial charge in [-0.05, 0) is 25.1 Å². The number of likely N-dealkylation sites (tertiary alicyclic amines) is 1. The number of nitrogens with zero attached hydrogens (tertiary/aromatic N) is 1. The van der Waals surface area contributed by atoms with Gasteiger partial charge in [0.15, 0.2) is 0 Å². The maximum Gasteiger partial charge on any atom is 0.215 e. The van der Waals surface area contributed by atoms with E-state index in [-0.39, 0.29) is 12.1 Å². The van der Waals surface area contributed by atoms with Crippen LogP contribution in [-0.2, 0) is 16.6 Å². The van der Waals surface area contributed by atoms with Crippen molar-refractivity contribution in [2.45, 2.75) is 25.1 Å². The molecular formula is C13H18F2N2O2S. The largest absolute Gasteiger partial charge is 0.297 e. The molecule has 20 heavy (non-hydrogen) atoms. The third-order valence-electron chi connectivity index (χ3n) is 3.46. The Kier molecular flexibility index (Phi) is 4.72. The molecule has 1 atom stereocenters. The van der Waals surface area contributed by atoms with Gasteiger partial charge in [0.05, 0.1) is 5.25 Å². The Labute approximate surface area is 117 Å². The molecule has 4 nitrogen and oxygen atoms in total. The SMILES string of the molecule is CCNS(=O)(=O)[C@@H]1CCN(Cc2c(F)cccc2F)C1. The molecule has 1 heterocycles. The van der Waals surface area contributed by atoms with Crippen molar-refractivity contribution in [3.8, 4) is 0 Å². The van der Waals surface area contributed by atoms with Crippen LogP contribution in [0.2, 0.25) is 0 Å². The Bertz CT molecular complexity index is 557. The van der Waals surface area contributed by atoms with E-state index in [0.717, 1.165) is 0 Å². The van der Waals surface area contributed by atoms with Gasteiger partial charge < -0.3 is 0 Å². The monoisotopic (exact) mass is 304 g/mol. The number of halogens is 2. The van der Waals surface area contributed by atoms with Gasteiger partial charge in [-0.1, -0.05) is 13.0 Å². The number of rotatable bonds is 5. The number of nitrogens with one attached hydrogen (secondary N) is 1. The molecule has 0 aliphatic carbocycles. The van der Waals surface area contributed by atoms with E-state index in [1.807, 2.05) is 0 Å². The van der Waals surface area contributed by atoms with E-state index in [9.17, 15) is 17.2 Å². The molecule has 2 rings (SSSR count). The van der Waals surface area contributed by atoms with Crippen LogP contribution in [0.3, 0.4) is 0 Å². The lowest BCUT2D eigenvalue weighted by Crippen LogP contribution is -2.36. The molecule has 0 radical (unpaired) electrons. The van der Waals surface area contributed by atoms with E-state index < -0.39 is 26.9 Å². The zero-order chi connectivity index (χ0) is 14.8. The van der Waals surface area contributed by atoms with Crippen LogP contribution in [0.25, 0.3) is 0 Å². The molecule has 1 aromatic rings. The first-order valence-corrected chi connectivity index (χ1v) is 8.12. The smallest absolute Gasteiger partial charge is 0.215 e. The highest BCUT2D eigenvalue weighted by Gasteiger charge is 2.33. The summed E-state index contributed by atoms with van der Waals surface area (Å²) in [6.45, 7) is 2.97. The van der Waals surface area contributed by atoms with Crippen molar-refractivity contribution in [1.29, 1.82) is 0 Å². The van der Waals surface area contributed by atoms with Crippen molar-refractivity contribution in [3.63, 3.8) is 0 Å². The molecular weight excluding hydrogens is 286 g/mol. The lowest BCUT2D eigenvalue weighted by molar-refractivity contribution is 0.318. The molecule has 0 spiro atoms. The Balaban J connectivity index is 2.04. The van der Waals surface area contributed by atoms with Crippen LogP contribution >= 0.6 is 0 Å². The van der Waals surface area contributed by atoms with Crippen LogP contribution in [0.5, 0.6) is 0 Å². The number of hydrogen-bond donors (Lipinski definition) is 1. The third kappa shape index (κ3) is 3.34. The van der Waals surface area contributed by atoms with Crippen molar-refractivity contribution in [3.05, 3.63) is 35.4 Å². The molecule has 1 aliphatic heterocycles. The second kappa shape index (κ2) is 6.15. The van der Waals surface area contributed by atoms with E-state index in [1.54, 1.807) is 11.8 Å². The first kappa shape index (κ1) is 15.3. The first-order valence-electron chi connectivity index (χ1n) is 6.57. The molecule has 0 bridgehead atoms. The summed E-state index contributed by atoms with van der Waals surface area (Å²) >= 11 is 0. The highest BCUT2D eigenvalue weighted by molar-refractivity contribution is 7.90. The van der Waals surface area contributed by atoms with Gasteiger partial charge in [-0.25, -0.2) is 21.9 Å². The fraction of sp³-hybridized carbons (Fsp3) is 0.538. The van der Waals surface area contributed by atoms with E-state index >= 15 is 0 Å². The van der Waals surface area contributed by atoms with Crippen LogP contribution in [0.15, 0.2) is 18.2 Å². The third-order valence-corrected chi connectivity index (χ3v) is 5.41. The predicted octanol–water partition coefficient (Wildman–Crippen LogP) is 1.48. The van der Waals surface area contributed by atoms with Gasteiger partial charge in [-0.3, -0.25) is 4.90 Å². The summed E-state index contributed by atoms with van der Waals surface area (Å²) < 4.78 is 53.3. The summed E-state index contributed by atoms with van der Waals surface area (Å²) in [7, 11) is -3.33. The van der Waals surface area contributed by atoms with Gasteiger partial charge in [0.1, 0.15) is 11.6 Å². The van der Waals surface area contributed by atoms with Crippen LogP contribution in [0, 0.1) is 11.6 Å². The van der Waals surface area contributed by atoms with Gasteiger partial charge in [0.2, 0.25) is 10.0 Å². The summed E-state index contributed by atoms with van der Waals surface area (Å²) in [6, 6.07) is 3.74. The molecule has 0 saturated carbocycles. The zero-order valence-electron chi connectivity index (χ0n) is 11.3. The summed E-state index contributed by atoms with van der Waals surface area (Å²) in [5.41, 5.74) is -0.00556. The van der Waals surface area contributed by atoms with Gasteiger partial charge in [-0.2, -0.15) is 0 Å². The highest BCUT2D eigenvalue weighted by atomic mass is 32.2. The predicted molar refractivity (Wildman–Crippen MR) is 72.6 cm³/mol. The van der Waals surface area contributed by atoms with Crippen molar-refractivity contribution in [1.82, 2.24) is 9.62 Å². The summed E-state index contributed by atoms with van der Waals surface area (Å²) in [6.07, 6.45) is 0.478. The molecule has 0 amide bonds. The van der Waals surface area contributed by atoms with Crippen LogP contribution in [0.1, 0.15) is 18.9 Å². The second-order valence-electron chi connectivity index (χ2n) is 4.89. The fourth-order valence-electron chi connectivity index (χ4n) is 2.42. The minimum Gasteiger partial charge on any atom is -0.297 e. The summed E-state index contributed by atoms with van der Waals surface area (Å²) in [5.74, 6) is -1.19. The highest BCUT2D eigenvalue weighted by Crippen LogP contribution is 2.21. The quantitative estimate of drug-likeness (QED) is 0.896. The van der Waals surface area contributed by atoms with Crippen molar-refractivity contribution < 1.29 is 17.2 Å². The molecule has 112 valence electrons. The molecule has 1 saturated heterocycles. The fourth-order valence-corrected chi connectivity index (χ4v) is 3.88. The Morgan fingerprint density at radius 2 is 2.00 bits per heavy atom. The average Bonchev–Trinajstić information content (AvgIpc) is 2.83. The molecule has 1 aliphatic rings. The van der Waals surface area contributed by atoms with Crippen LogP contribution in [0.4, 0.5) is 8.78 Å². The molecule has 7 heteroatoms. The minimum atomic E-state index is -3.33. The zero-order valence-corrected chi connectivity index (χ0v) is 12.1. The maximum absolute atomic E-state index is 13.6. The first-order chi connectivity index (χ1) is 9.44. The molecule has 0 unspecified atom stereocenters. The van der Waals surface area contributed by atoms with E-state index in [2.05, 4.69) is 4.72 Å². The van der Waals surface area contributed by atoms with Gasteiger partial charge in [0.25, 0.3) is 0 Å². The lowest BCUT2D eigenvalue weighted by atomic mass is 10.2. The Hall–Kier alpha value is -1.05. The second-order valence-corrected chi connectivity index (χ2v) is 6.93. The molecule has 0 aromatic heterocycles. The Morgan fingerprint density at radius 1 is 1.35 bits per heavy atom. The van der Waals surface area contributed by atoms with Crippen molar-refractivity contribution in [2.24, 2.45) is 0 Å². The summed E-state index contributed by atoms with van der Waals surface area (Å²) in [4.78, 5) is 1.76. The standard InChI is InChI=1S/C13H18F2N2O2S/c1-2-16-20(18,19)10-6-7-17(8-10)9-11-12(14)4-3-5-13(11)15/h3-5,10,16H,2,6-9H2,1H3/t10-/m1/s1. The van der Waals surface area contributed by atoms with Crippen molar-refractivity contribution in [2.75, 3.05) is 19.6 Å². The van der Waals surface area contributed by atoms with Gasteiger partial charge in [0, 0.05) is 25.2 Å². The number of sulfonamides is 1. The van der Waals surface area contributed by atoms with E-state index in [0.29, 0.717) is 26.1 Å². The number of benzene rings is 1. The molecule has 1 N–H and O–H groups in total. The van der Waals surface area contributed by atoms with Crippen molar-refractivity contribution >= 4 is 10.0 Å². The van der Waals surface area contributed by atoms with Gasteiger partial charge >= 0.3 is 0 Å². The Morgan fingerprint density at radius 3 is 2.60 bits per heavy atom. The average molecular weight is 304 g/mol. The topological polar surface area (TPSA) is 49.4 Å². The van der Waals surface area contributed by atoms with E-state index in [4.69, 9.17) is 0 Å². The molecule has 1 aromatic carbocycles. The van der Waals surface area contributed by atoms with E-state index in [1.165, 1.54) is 18.2 Å². The summed E-state index contributed by atoms with van der Waals surface area (Å²) in [5, 5.41) is -0.516. The normalized spacial score (nSPS) is 20.4.